The fourth-order valence-corrected chi connectivity index (χ4v) is 11.1. The molecule has 0 saturated carbocycles. The van der Waals surface area contributed by atoms with Gasteiger partial charge in [0.1, 0.15) is 22.3 Å². The number of rotatable bonds is 6. The lowest BCUT2D eigenvalue weighted by atomic mass is 10.0. The molecule has 0 aliphatic heterocycles. The van der Waals surface area contributed by atoms with E-state index in [1.165, 1.54) is 43.1 Å². The molecule has 13 aromatic carbocycles. The molecule has 0 spiro atoms. The van der Waals surface area contributed by atoms with Gasteiger partial charge in [-0.15, -0.1) is 0 Å². The summed E-state index contributed by atoms with van der Waals surface area (Å²) in [5.74, 6) is 0. The number of hydrogen-bond donors (Lipinski definition) is 0. The number of para-hydroxylation sites is 2. The van der Waals surface area contributed by atoms with Crippen LogP contribution in [0.1, 0.15) is 0 Å². The molecule has 0 atom stereocenters. The quantitative estimate of drug-likeness (QED) is 0.156. The first-order chi connectivity index (χ1) is 34.6. The fourth-order valence-electron chi connectivity index (χ4n) is 11.1. The van der Waals surface area contributed by atoms with Crippen LogP contribution in [0.15, 0.2) is 251 Å². The van der Waals surface area contributed by atoms with Gasteiger partial charge < -0.3 is 18.6 Å². The summed E-state index contributed by atoms with van der Waals surface area (Å²) in [6.07, 6.45) is 0. The molecule has 0 aliphatic rings. The fraction of sp³-hybridized carbons (Fsp3) is 0. The number of benzene rings is 13. The van der Waals surface area contributed by atoms with E-state index >= 15 is 0 Å². The monoisotopic (exact) mass is 892 g/mol. The van der Waals surface area contributed by atoms with E-state index in [-0.39, 0.29) is 0 Å². The standard InChI is InChI=1S/C66H40N2O2/c1-3-13-49(14-4-1)67(53-27-29-57-45(31-53)21-19-41-11-7-9-17-55(41)57)51-25-23-43-35-59-61-39-66-62(40-65(61)69-63(59)37-47(43)33-51)60-36-44-24-26-52(34-48(44)38-64(60)70-66)68(50-15-5-2-6-16-50)54-28-30-58-46(32-54)22-20-42-12-8-10-18-56(42)58/h1-40H. The Balaban J connectivity index is 0.809. The summed E-state index contributed by atoms with van der Waals surface area (Å²) in [7, 11) is 0. The SMILES string of the molecule is c1ccc(N(c2ccc3cc4c(cc3c2)oc2cc3c(cc24)oc2cc4cc(N(c5ccccc5)c5ccc6c(ccc7ccccc76)c5)ccc4cc23)c2ccc3c(ccc4ccccc43)c2)cc1. The molecule has 70 heavy (non-hydrogen) atoms. The minimum atomic E-state index is 0.840. The van der Waals surface area contributed by atoms with Crippen LogP contribution in [-0.4, -0.2) is 0 Å². The lowest BCUT2D eigenvalue weighted by Crippen LogP contribution is -2.09. The van der Waals surface area contributed by atoms with Gasteiger partial charge in [-0.1, -0.05) is 133 Å². The minimum absolute atomic E-state index is 0.840. The maximum atomic E-state index is 6.74. The molecule has 15 aromatic rings. The molecule has 4 nitrogen and oxygen atoms in total. The van der Waals surface area contributed by atoms with Gasteiger partial charge in [-0.3, -0.25) is 0 Å². The van der Waals surface area contributed by atoms with Crippen LogP contribution in [0.2, 0.25) is 0 Å². The van der Waals surface area contributed by atoms with Crippen molar-refractivity contribution in [2.75, 3.05) is 9.80 Å². The molecule has 2 aromatic heterocycles. The van der Waals surface area contributed by atoms with Gasteiger partial charge in [-0.2, -0.15) is 0 Å². The second-order valence-corrected chi connectivity index (χ2v) is 18.5. The average Bonchev–Trinajstić information content (AvgIpc) is 3.94. The molecule has 0 amide bonds. The van der Waals surface area contributed by atoms with E-state index in [9.17, 15) is 0 Å². The average molecular weight is 893 g/mol. The Bertz CT molecular complexity index is 4310. The van der Waals surface area contributed by atoms with Crippen LogP contribution >= 0.6 is 0 Å². The highest BCUT2D eigenvalue weighted by atomic mass is 16.3. The third-order valence-electron chi connectivity index (χ3n) is 14.5. The van der Waals surface area contributed by atoms with Crippen molar-refractivity contribution in [2.24, 2.45) is 0 Å². The normalized spacial score (nSPS) is 12.0. The van der Waals surface area contributed by atoms with Crippen molar-refractivity contribution in [3.63, 3.8) is 0 Å². The third-order valence-corrected chi connectivity index (χ3v) is 14.5. The predicted molar refractivity (Wildman–Crippen MR) is 295 cm³/mol. The van der Waals surface area contributed by atoms with Crippen LogP contribution in [-0.2, 0) is 0 Å². The Morgan fingerprint density at radius 3 is 0.971 bits per heavy atom. The van der Waals surface area contributed by atoms with Gasteiger partial charge in [0.2, 0.25) is 0 Å². The molecule has 0 bridgehead atoms. The molecule has 15 rings (SSSR count). The highest BCUT2D eigenvalue weighted by molar-refractivity contribution is 6.18. The van der Waals surface area contributed by atoms with Crippen LogP contribution in [0.3, 0.4) is 0 Å². The molecule has 2 heterocycles. The summed E-state index contributed by atoms with van der Waals surface area (Å²) in [6, 6.07) is 87.6. The summed E-state index contributed by atoms with van der Waals surface area (Å²) in [4.78, 5) is 4.68. The minimum Gasteiger partial charge on any atom is -0.456 e. The molecule has 4 heteroatoms. The first-order valence-corrected chi connectivity index (χ1v) is 23.9. The second-order valence-electron chi connectivity index (χ2n) is 18.5. The Morgan fingerprint density at radius 2 is 0.514 bits per heavy atom. The third kappa shape index (κ3) is 6.10. The Morgan fingerprint density at radius 1 is 0.186 bits per heavy atom. The van der Waals surface area contributed by atoms with Crippen LogP contribution < -0.4 is 9.80 Å². The maximum Gasteiger partial charge on any atom is 0.136 e. The zero-order valence-corrected chi connectivity index (χ0v) is 37.8. The first-order valence-electron chi connectivity index (χ1n) is 23.9. The van der Waals surface area contributed by atoms with Gasteiger partial charge in [-0.05, 0) is 174 Å². The topological polar surface area (TPSA) is 32.8 Å². The van der Waals surface area contributed by atoms with Gasteiger partial charge in [-0.25, -0.2) is 0 Å². The van der Waals surface area contributed by atoms with Gasteiger partial charge in [0.05, 0.1) is 0 Å². The Hall–Kier alpha value is -9.38. The number of nitrogens with zero attached hydrogens (tertiary/aromatic N) is 2. The highest BCUT2D eigenvalue weighted by Crippen LogP contribution is 2.44. The largest absolute Gasteiger partial charge is 0.456 e. The lowest BCUT2D eigenvalue weighted by molar-refractivity contribution is 0.664. The van der Waals surface area contributed by atoms with Crippen LogP contribution in [0, 0.1) is 0 Å². The van der Waals surface area contributed by atoms with Gasteiger partial charge >= 0.3 is 0 Å². The van der Waals surface area contributed by atoms with E-state index in [2.05, 4.69) is 252 Å². The highest BCUT2D eigenvalue weighted by Gasteiger charge is 2.19. The van der Waals surface area contributed by atoms with Gasteiger partial charge in [0.25, 0.3) is 0 Å². The molecule has 0 saturated heterocycles. The van der Waals surface area contributed by atoms with Crippen LogP contribution in [0.5, 0.6) is 0 Å². The van der Waals surface area contributed by atoms with E-state index in [0.717, 1.165) is 99.5 Å². The van der Waals surface area contributed by atoms with Gasteiger partial charge in [0, 0.05) is 55.7 Å². The molecular weight excluding hydrogens is 853 g/mol. The van der Waals surface area contributed by atoms with Crippen molar-refractivity contribution < 1.29 is 8.83 Å². The number of anilines is 6. The predicted octanol–water partition coefficient (Wildman–Crippen LogP) is 19.3. The van der Waals surface area contributed by atoms with E-state index < -0.39 is 0 Å². The van der Waals surface area contributed by atoms with E-state index in [1.807, 2.05) is 0 Å². The smallest absolute Gasteiger partial charge is 0.136 e. The number of furan rings is 2. The van der Waals surface area contributed by atoms with Crippen molar-refractivity contribution in [3.8, 4) is 0 Å². The van der Waals surface area contributed by atoms with Crippen molar-refractivity contribution in [1.29, 1.82) is 0 Å². The number of hydrogen-bond acceptors (Lipinski definition) is 4. The van der Waals surface area contributed by atoms with Crippen LogP contribution in [0.25, 0.3) is 109 Å². The summed E-state index contributed by atoms with van der Waals surface area (Å²) in [6.45, 7) is 0. The van der Waals surface area contributed by atoms with E-state index in [4.69, 9.17) is 8.83 Å². The van der Waals surface area contributed by atoms with E-state index in [1.54, 1.807) is 0 Å². The van der Waals surface area contributed by atoms with Crippen molar-refractivity contribution >= 4 is 143 Å². The molecule has 0 N–H and O–H groups in total. The first kappa shape index (κ1) is 38.7. The Kier molecular flexibility index (Phi) is 8.33. The summed E-state index contributed by atoms with van der Waals surface area (Å²) in [5, 5.41) is 18.7. The summed E-state index contributed by atoms with van der Waals surface area (Å²) >= 11 is 0. The zero-order chi connectivity index (χ0) is 45.9. The molecule has 0 fully saturated rings. The molecule has 326 valence electrons. The Labute approximate surface area is 402 Å². The molecule has 0 radical (unpaired) electrons. The number of fused-ring (bicyclic) bond motifs is 14. The molecule has 0 aliphatic carbocycles. The van der Waals surface area contributed by atoms with Crippen molar-refractivity contribution in [3.05, 3.63) is 243 Å². The van der Waals surface area contributed by atoms with E-state index in [0.29, 0.717) is 0 Å². The van der Waals surface area contributed by atoms with Gasteiger partial charge in [0.15, 0.2) is 0 Å². The van der Waals surface area contributed by atoms with Crippen molar-refractivity contribution in [2.45, 2.75) is 0 Å². The van der Waals surface area contributed by atoms with Crippen LogP contribution in [0.4, 0.5) is 34.1 Å². The summed E-state index contributed by atoms with van der Waals surface area (Å²) in [5.41, 5.74) is 9.93. The van der Waals surface area contributed by atoms with Crippen molar-refractivity contribution in [1.82, 2.24) is 0 Å². The molecule has 0 unspecified atom stereocenters. The summed E-state index contributed by atoms with van der Waals surface area (Å²) < 4.78 is 13.5. The second kappa shape index (κ2) is 15.1. The molecular formula is C66H40N2O2. The zero-order valence-electron chi connectivity index (χ0n) is 37.8. The lowest BCUT2D eigenvalue weighted by Gasteiger charge is -2.26. The maximum absolute atomic E-state index is 6.74.